The summed E-state index contributed by atoms with van der Waals surface area (Å²) < 4.78 is 0. The number of thiocarbonyl (C=S) groups is 1. The Kier molecular flexibility index (Phi) is 3.75. The van der Waals surface area contributed by atoms with Crippen LogP contribution in [0.1, 0.15) is 32.6 Å². The molecule has 1 saturated carbocycles. The monoisotopic (exact) mass is 187 g/mol. The van der Waals surface area contributed by atoms with Gasteiger partial charge >= 0.3 is 0 Å². The first kappa shape index (κ1) is 9.74. The molecule has 0 aromatic heterocycles. The number of nitrogens with two attached hydrogens (primary N) is 1. The van der Waals surface area contributed by atoms with Gasteiger partial charge in [-0.1, -0.05) is 19.8 Å². The van der Waals surface area contributed by atoms with Gasteiger partial charge in [0, 0.05) is 6.04 Å². The van der Waals surface area contributed by atoms with Crippen LogP contribution in [-0.4, -0.2) is 11.2 Å². The highest BCUT2D eigenvalue weighted by Crippen LogP contribution is 2.23. The molecular weight excluding hydrogens is 170 g/mol. The third kappa shape index (κ3) is 2.60. The molecule has 0 aromatic rings. The quantitative estimate of drug-likeness (QED) is 0.324. The largest absolute Gasteiger partial charge is 0.359 e. The van der Waals surface area contributed by atoms with E-state index < -0.39 is 0 Å². The van der Waals surface area contributed by atoms with E-state index in [-0.39, 0.29) is 0 Å². The van der Waals surface area contributed by atoms with Crippen molar-refractivity contribution in [2.75, 3.05) is 0 Å². The molecule has 0 saturated heterocycles. The first-order valence-corrected chi connectivity index (χ1v) is 4.92. The molecule has 2 unspecified atom stereocenters. The average Bonchev–Trinajstić information content (AvgIpc) is 2.09. The Labute approximate surface area is 79.1 Å². The van der Waals surface area contributed by atoms with Crippen LogP contribution in [0.5, 0.6) is 0 Å². The highest BCUT2D eigenvalue weighted by atomic mass is 32.1. The van der Waals surface area contributed by atoms with Gasteiger partial charge in [0.1, 0.15) is 0 Å². The molecule has 0 aliphatic heterocycles. The van der Waals surface area contributed by atoms with Crippen LogP contribution in [0.25, 0.3) is 0 Å². The summed E-state index contributed by atoms with van der Waals surface area (Å²) in [4.78, 5) is 0. The van der Waals surface area contributed by atoms with Crippen molar-refractivity contribution < 1.29 is 0 Å². The zero-order valence-electron chi connectivity index (χ0n) is 7.47. The summed E-state index contributed by atoms with van der Waals surface area (Å²) in [5.41, 5.74) is 2.45. The van der Waals surface area contributed by atoms with E-state index in [1.54, 1.807) is 0 Å². The molecule has 1 aliphatic rings. The number of nitrogens with one attached hydrogen (secondary N) is 2. The van der Waals surface area contributed by atoms with E-state index >= 15 is 0 Å². The van der Waals surface area contributed by atoms with Crippen molar-refractivity contribution in [3.05, 3.63) is 0 Å². The van der Waals surface area contributed by atoms with E-state index in [1.807, 2.05) is 0 Å². The molecule has 1 rings (SSSR count). The first-order chi connectivity index (χ1) is 5.74. The Balaban J connectivity index is 2.33. The van der Waals surface area contributed by atoms with Crippen LogP contribution in [0.2, 0.25) is 0 Å². The van der Waals surface area contributed by atoms with E-state index in [4.69, 9.17) is 18.1 Å². The van der Waals surface area contributed by atoms with Gasteiger partial charge in [-0.25, -0.2) is 5.84 Å². The molecule has 0 spiro atoms. The molecule has 1 aliphatic carbocycles. The molecule has 0 heterocycles. The lowest BCUT2D eigenvalue weighted by Crippen LogP contribution is -2.48. The second-order valence-electron chi connectivity index (χ2n) is 3.49. The molecule has 12 heavy (non-hydrogen) atoms. The molecule has 4 N–H and O–H groups in total. The summed E-state index contributed by atoms with van der Waals surface area (Å²) in [6.45, 7) is 2.26. The van der Waals surface area contributed by atoms with Gasteiger partial charge in [-0.3, -0.25) is 0 Å². The fraction of sp³-hybridized carbons (Fsp3) is 0.875. The van der Waals surface area contributed by atoms with Gasteiger partial charge < -0.3 is 10.7 Å². The summed E-state index contributed by atoms with van der Waals surface area (Å²) >= 11 is 4.94. The van der Waals surface area contributed by atoms with Crippen molar-refractivity contribution in [1.29, 1.82) is 0 Å². The highest BCUT2D eigenvalue weighted by molar-refractivity contribution is 7.80. The fourth-order valence-electron chi connectivity index (χ4n) is 1.74. The Bertz CT molecular complexity index is 160. The summed E-state index contributed by atoms with van der Waals surface area (Å²) in [5.74, 6) is 5.89. The Morgan fingerprint density at radius 1 is 1.42 bits per heavy atom. The minimum Gasteiger partial charge on any atom is -0.359 e. The van der Waals surface area contributed by atoms with Crippen LogP contribution >= 0.6 is 12.2 Å². The summed E-state index contributed by atoms with van der Waals surface area (Å²) in [5, 5.41) is 3.78. The van der Waals surface area contributed by atoms with E-state index in [0.717, 1.165) is 0 Å². The number of hydrogen-bond donors (Lipinski definition) is 3. The van der Waals surface area contributed by atoms with Crippen molar-refractivity contribution in [3.63, 3.8) is 0 Å². The van der Waals surface area contributed by atoms with Crippen molar-refractivity contribution in [3.8, 4) is 0 Å². The molecule has 3 nitrogen and oxygen atoms in total. The van der Waals surface area contributed by atoms with Crippen LogP contribution in [0.4, 0.5) is 0 Å². The van der Waals surface area contributed by atoms with Gasteiger partial charge in [0.2, 0.25) is 0 Å². The lowest BCUT2D eigenvalue weighted by molar-refractivity contribution is 0.308. The maximum Gasteiger partial charge on any atom is 0.180 e. The predicted molar refractivity (Wildman–Crippen MR) is 54.5 cm³/mol. The Hall–Kier alpha value is -0.350. The van der Waals surface area contributed by atoms with Crippen molar-refractivity contribution in [1.82, 2.24) is 10.7 Å². The predicted octanol–water partition coefficient (Wildman–Crippen LogP) is 0.903. The second-order valence-corrected chi connectivity index (χ2v) is 3.89. The Morgan fingerprint density at radius 2 is 2.08 bits per heavy atom. The molecule has 70 valence electrons. The van der Waals surface area contributed by atoms with Gasteiger partial charge in [-0.15, -0.1) is 0 Å². The number of rotatable bonds is 1. The molecule has 0 amide bonds. The van der Waals surface area contributed by atoms with Gasteiger partial charge in [0.15, 0.2) is 5.11 Å². The minimum atomic E-state index is 0.516. The smallest absolute Gasteiger partial charge is 0.180 e. The number of hydrazine groups is 1. The van der Waals surface area contributed by atoms with E-state index in [1.165, 1.54) is 25.7 Å². The molecule has 0 aromatic carbocycles. The second kappa shape index (κ2) is 4.62. The third-order valence-corrected chi connectivity index (χ3v) is 2.79. The van der Waals surface area contributed by atoms with Gasteiger partial charge in [-0.2, -0.15) is 0 Å². The maximum atomic E-state index is 5.18. The standard InChI is InChI=1S/C8H17N3S/c1-6-4-2-3-5-7(6)10-8(12)11-9/h6-7H,2-5,9H2,1H3,(H2,10,11,12). The summed E-state index contributed by atoms with van der Waals surface area (Å²) in [6.07, 6.45) is 5.16. The van der Waals surface area contributed by atoms with Crippen LogP contribution in [0.15, 0.2) is 0 Å². The van der Waals surface area contributed by atoms with Crippen molar-refractivity contribution in [2.24, 2.45) is 11.8 Å². The van der Waals surface area contributed by atoms with Gasteiger partial charge in [0.25, 0.3) is 0 Å². The van der Waals surface area contributed by atoms with E-state index in [2.05, 4.69) is 17.7 Å². The van der Waals surface area contributed by atoms with Crippen LogP contribution in [0.3, 0.4) is 0 Å². The lowest BCUT2D eigenvalue weighted by atomic mass is 9.86. The SMILES string of the molecule is CC1CCCCC1NC(=S)NN. The lowest BCUT2D eigenvalue weighted by Gasteiger charge is -2.30. The molecule has 2 atom stereocenters. The third-order valence-electron chi connectivity index (χ3n) is 2.56. The average molecular weight is 187 g/mol. The zero-order chi connectivity index (χ0) is 8.97. The Morgan fingerprint density at radius 3 is 2.67 bits per heavy atom. The molecule has 0 bridgehead atoms. The molecular formula is C8H17N3S. The van der Waals surface area contributed by atoms with Crippen LogP contribution < -0.4 is 16.6 Å². The topological polar surface area (TPSA) is 50.1 Å². The summed E-state index contributed by atoms with van der Waals surface area (Å²) in [7, 11) is 0. The maximum absolute atomic E-state index is 5.18. The molecule has 0 radical (unpaired) electrons. The van der Waals surface area contributed by atoms with Crippen molar-refractivity contribution >= 4 is 17.3 Å². The van der Waals surface area contributed by atoms with E-state index in [9.17, 15) is 0 Å². The van der Waals surface area contributed by atoms with Crippen molar-refractivity contribution in [2.45, 2.75) is 38.6 Å². The zero-order valence-corrected chi connectivity index (χ0v) is 8.29. The summed E-state index contributed by atoms with van der Waals surface area (Å²) in [6, 6.07) is 0.516. The molecule has 4 heteroatoms. The van der Waals surface area contributed by atoms with E-state index in [0.29, 0.717) is 17.1 Å². The minimum absolute atomic E-state index is 0.516. The van der Waals surface area contributed by atoms with Crippen LogP contribution in [0, 0.1) is 5.92 Å². The first-order valence-electron chi connectivity index (χ1n) is 4.51. The molecule has 1 fully saturated rings. The number of hydrogen-bond acceptors (Lipinski definition) is 2. The van der Waals surface area contributed by atoms with Gasteiger partial charge in [-0.05, 0) is 31.0 Å². The van der Waals surface area contributed by atoms with Gasteiger partial charge in [0.05, 0.1) is 0 Å². The van der Waals surface area contributed by atoms with Crippen LogP contribution in [-0.2, 0) is 0 Å². The normalized spacial score (nSPS) is 29.5. The fourth-order valence-corrected chi connectivity index (χ4v) is 1.89. The highest BCUT2D eigenvalue weighted by Gasteiger charge is 2.21.